The summed E-state index contributed by atoms with van der Waals surface area (Å²) in [6.45, 7) is 1.77. The monoisotopic (exact) mass is 297 g/mol. The zero-order valence-corrected chi connectivity index (χ0v) is 12.0. The molecule has 20 heavy (non-hydrogen) atoms. The molecule has 0 amide bonds. The number of carbonyl (C=O) groups excluding carboxylic acids is 2. The van der Waals surface area contributed by atoms with Crippen LogP contribution in [0, 0.1) is 0 Å². The first-order chi connectivity index (χ1) is 9.63. The van der Waals surface area contributed by atoms with Crippen LogP contribution in [0.5, 0.6) is 5.88 Å². The molecule has 0 aromatic carbocycles. The lowest BCUT2D eigenvalue weighted by Crippen LogP contribution is -2.19. The number of aromatic nitrogens is 1. The van der Waals surface area contributed by atoms with Gasteiger partial charge in [0, 0.05) is 6.20 Å². The number of rotatable bonds is 5. The molecular weight excluding hydrogens is 282 g/mol. The van der Waals surface area contributed by atoms with Gasteiger partial charge in [-0.05, 0) is 38.7 Å². The highest BCUT2D eigenvalue weighted by molar-refractivity contribution is 6.45. The molecule has 1 saturated carbocycles. The number of nitrogens with zero attached hydrogens (tertiary/aromatic N) is 1. The summed E-state index contributed by atoms with van der Waals surface area (Å²) in [7, 11) is 0. The van der Waals surface area contributed by atoms with Gasteiger partial charge in [-0.25, -0.2) is 9.78 Å². The predicted octanol–water partition coefficient (Wildman–Crippen LogP) is 2.80. The van der Waals surface area contributed by atoms with E-state index in [0.29, 0.717) is 0 Å². The molecule has 1 aliphatic rings. The van der Waals surface area contributed by atoms with Crippen LogP contribution in [0.1, 0.15) is 43.0 Å². The van der Waals surface area contributed by atoms with Gasteiger partial charge < -0.3 is 9.47 Å². The molecule has 0 N–H and O–H groups in total. The fraction of sp³-hybridized carbons (Fsp3) is 0.500. The van der Waals surface area contributed by atoms with E-state index in [0.717, 1.165) is 25.7 Å². The SMILES string of the molecule is CCOC(=O)C(=O)c1ccnc(OC2CCCC2)c1Cl. The molecule has 0 spiro atoms. The minimum atomic E-state index is -0.924. The molecule has 0 bridgehead atoms. The third-order valence-electron chi connectivity index (χ3n) is 3.14. The summed E-state index contributed by atoms with van der Waals surface area (Å²) in [6, 6.07) is 1.39. The first-order valence-corrected chi connectivity index (χ1v) is 7.04. The molecule has 0 aliphatic heterocycles. The van der Waals surface area contributed by atoms with E-state index >= 15 is 0 Å². The molecule has 0 radical (unpaired) electrons. The minimum absolute atomic E-state index is 0.0631. The van der Waals surface area contributed by atoms with Crippen LogP contribution in [0.2, 0.25) is 5.02 Å². The van der Waals surface area contributed by atoms with Gasteiger partial charge in [0.2, 0.25) is 5.88 Å². The molecule has 1 aromatic heterocycles. The second-order valence-electron chi connectivity index (χ2n) is 4.55. The summed E-state index contributed by atoms with van der Waals surface area (Å²) in [4.78, 5) is 27.4. The van der Waals surface area contributed by atoms with Crippen molar-refractivity contribution in [2.24, 2.45) is 0 Å². The molecule has 0 atom stereocenters. The molecule has 0 unspecified atom stereocenters. The van der Waals surface area contributed by atoms with Gasteiger partial charge in [0.25, 0.3) is 5.78 Å². The van der Waals surface area contributed by atoms with E-state index < -0.39 is 11.8 Å². The molecule has 0 saturated heterocycles. The topological polar surface area (TPSA) is 65.5 Å². The van der Waals surface area contributed by atoms with E-state index in [1.165, 1.54) is 12.3 Å². The smallest absolute Gasteiger partial charge is 0.379 e. The summed E-state index contributed by atoms with van der Waals surface area (Å²) in [5, 5.41) is 0.0671. The number of hydrogen-bond donors (Lipinski definition) is 0. The Morgan fingerprint density at radius 2 is 2.10 bits per heavy atom. The summed E-state index contributed by atoms with van der Waals surface area (Å²) in [5.41, 5.74) is 0.0631. The molecule has 2 rings (SSSR count). The van der Waals surface area contributed by atoms with Gasteiger partial charge in [-0.15, -0.1) is 0 Å². The summed E-state index contributed by atoms with van der Waals surface area (Å²) in [6.07, 6.45) is 5.62. The van der Waals surface area contributed by atoms with Crippen LogP contribution < -0.4 is 4.74 Å². The van der Waals surface area contributed by atoms with Crippen molar-refractivity contribution in [1.82, 2.24) is 4.98 Å². The third-order valence-corrected chi connectivity index (χ3v) is 3.51. The summed E-state index contributed by atoms with van der Waals surface area (Å²) >= 11 is 6.11. The van der Waals surface area contributed by atoms with Gasteiger partial charge in [-0.2, -0.15) is 0 Å². The van der Waals surface area contributed by atoms with Crippen molar-refractivity contribution in [3.63, 3.8) is 0 Å². The number of ketones is 1. The Labute approximate surface area is 122 Å². The van der Waals surface area contributed by atoms with Gasteiger partial charge in [0.05, 0.1) is 12.2 Å². The van der Waals surface area contributed by atoms with Crippen molar-refractivity contribution in [3.8, 4) is 5.88 Å². The first kappa shape index (κ1) is 14.8. The average molecular weight is 298 g/mol. The standard InChI is InChI=1S/C14H16ClNO4/c1-2-19-14(18)12(17)10-7-8-16-13(11(10)15)20-9-5-3-4-6-9/h7-9H,2-6H2,1H3. The molecular formula is C14H16ClNO4. The van der Waals surface area contributed by atoms with Crippen LogP contribution in [0.15, 0.2) is 12.3 Å². The van der Waals surface area contributed by atoms with Crippen molar-refractivity contribution >= 4 is 23.4 Å². The van der Waals surface area contributed by atoms with Gasteiger partial charge in [-0.1, -0.05) is 11.6 Å². The van der Waals surface area contributed by atoms with E-state index in [2.05, 4.69) is 9.72 Å². The Bertz CT molecular complexity index is 512. The number of pyridine rings is 1. The van der Waals surface area contributed by atoms with Crippen LogP contribution in [0.4, 0.5) is 0 Å². The van der Waals surface area contributed by atoms with Crippen molar-refractivity contribution in [2.45, 2.75) is 38.7 Å². The molecule has 1 fully saturated rings. The van der Waals surface area contributed by atoms with Gasteiger partial charge in [-0.3, -0.25) is 4.79 Å². The maximum Gasteiger partial charge on any atom is 0.379 e. The number of hydrogen-bond acceptors (Lipinski definition) is 5. The highest BCUT2D eigenvalue weighted by Crippen LogP contribution is 2.30. The zero-order valence-electron chi connectivity index (χ0n) is 11.2. The highest BCUT2D eigenvalue weighted by Gasteiger charge is 2.25. The second kappa shape index (κ2) is 6.70. The fourth-order valence-corrected chi connectivity index (χ4v) is 2.39. The zero-order chi connectivity index (χ0) is 14.5. The van der Waals surface area contributed by atoms with Gasteiger partial charge in [0.1, 0.15) is 11.1 Å². The molecule has 5 nitrogen and oxygen atoms in total. The summed E-state index contributed by atoms with van der Waals surface area (Å²) < 4.78 is 10.4. The number of Topliss-reactive ketones (excluding diaryl/α,β-unsaturated/α-hetero) is 1. The Balaban J connectivity index is 2.18. The maximum atomic E-state index is 11.9. The maximum absolute atomic E-state index is 11.9. The van der Waals surface area contributed by atoms with E-state index in [9.17, 15) is 9.59 Å². The lowest BCUT2D eigenvalue weighted by molar-refractivity contribution is -0.137. The first-order valence-electron chi connectivity index (χ1n) is 6.66. The molecule has 108 valence electrons. The van der Waals surface area contributed by atoms with Gasteiger partial charge >= 0.3 is 5.97 Å². The van der Waals surface area contributed by atoms with Crippen molar-refractivity contribution in [1.29, 1.82) is 0 Å². The Kier molecular flexibility index (Phi) is 4.95. The fourth-order valence-electron chi connectivity index (χ4n) is 2.15. The number of ether oxygens (including phenoxy) is 2. The van der Waals surface area contributed by atoms with Crippen molar-refractivity contribution in [3.05, 3.63) is 22.8 Å². The van der Waals surface area contributed by atoms with Gasteiger partial charge in [0.15, 0.2) is 0 Å². The second-order valence-corrected chi connectivity index (χ2v) is 4.93. The van der Waals surface area contributed by atoms with E-state index in [1.807, 2.05) is 0 Å². The lowest BCUT2D eigenvalue weighted by atomic mass is 10.2. The van der Waals surface area contributed by atoms with E-state index in [1.54, 1.807) is 6.92 Å². The molecule has 1 aliphatic carbocycles. The largest absolute Gasteiger partial charge is 0.473 e. The van der Waals surface area contributed by atoms with Crippen molar-refractivity contribution < 1.29 is 19.1 Å². The number of halogens is 1. The highest BCUT2D eigenvalue weighted by atomic mass is 35.5. The third kappa shape index (κ3) is 3.28. The van der Waals surface area contributed by atoms with E-state index in [-0.39, 0.29) is 29.2 Å². The molecule has 1 aromatic rings. The molecule has 6 heteroatoms. The minimum Gasteiger partial charge on any atom is -0.473 e. The van der Waals surface area contributed by atoms with Crippen LogP contribution in [0.25, 0.3) is 0 Å². The van der Waals surface area contributed by atoms with Crippen LogP contribution in [-0.2, 0) is 9.53 Å². The Hall–Kier alpha value is -1.62. The summed E-state index contributed by atoms with van der Waals surface area (Å²) in [5.74, 6) is -1.50. The molecule has 1 heterocycles. The lowest BCUT2D eigenvalue weighted by Gasteiger charge is -2.14. The quantitative estimate of drug-likeness (QED) is 0.475. The van der Waals surface area contributed by atoms with Crippen LogP contribution in [0.3, 0.4) is 0 Å². The Morgan fingerprint density at radius 3 is 2.75 bits per heavy atom. The van der Waals surface area contributed by atoms with E-state index in [4.69, 9.17) is 16.3 Å². The van der Waals surface area contributed by atoms with Crippen LogP contribution >= 0.6 is 11.6 Å². The van der Waals surface area contributed by atoms with Crippen LogP contribution in [-0.4, -0.2) is 29.4 Å². The average Bonchev–Trinajstić information content (AvgIpc) is 2.93. The number of carbonyl (C=O) groups is 2. The normalized spacial score (nSPS) is 15.1. The Morgan fingerprint density at radius 1 is 1.40 bits per heavy atom. The number of esters is 1. The predicted molar refractivity (Wildman–Crippen MR) is 73.1 cm³/mol. The van der Waals surface area contributed by atoms with Crippen molar-refractivity contribution in [2.75, 3.05) is 6.61 Å².